The molecule has 0 aliphatic carbocycles. The number of nitro benzene ring substituents is 1. The van der Waals surface area contributed by atoms with Gasteiger partial charge in [-0.2, -0.15) is 0 Å². The number of hydrogen-bond acceptors (Lipinski definition) is 6. The van der Waals surface area contributed by atoms with Gasteiger partial charge < -0.3 is 10.0 Å². The number of hydrogen-bond donors (Lipinski definition) is 1. The summed E-state index contributed by atoms with van der Waals surface area (Å²) in [5, 5.41) is 20.2. The number of benzene rings is 1. The molecule has 1 heterocycles. The van der Waals surface area contributed by atoms with E-state index in [2.05, 4.69) is 9.97 Å². The molecule has 0 bridgehead atoms. The quantitative estimate of drug-likeness (QED) is 0.638. The van der Waals surface area contributed by atoms with Crippen LogP contribution in [0.2, 0.25) is 0 Å². The van der Waals surface area contributed by atoms with Crippen LogP contribution in [0.3, 0.4) is 0 Å². The fourth-order valence-electron chi connectivity index (χ4n) is 2.04. The van der Waals surface area contributed by atoms with Gasteiger partial charge in [0.2, 0.25) is 0 Å². The van der Waals surface area contributed by atoms with Crippen LogP contribution >= 0.6 is 0 Å². The molecule has 0 aliphatic rings. The van der Waals surface area contributed by atoms with Gasteiger partial charge in [-0.3, -0.25) is 14.9 Å². The van der Waals surface area contributed by atoms with Gasteiger partial charge in [-0.05, 0) is 13.0 Å². The van der Waals surface area contributed by atoms with Gasteiger partial charge in [0.05, 0.1) is 16.9 Å². The minimum Gasteiger partial charge on any atom is -0.481 e. The Morgan fingerprint density at radius 2 is 2.19 bits per heavy atom. The maximum Gasteiger partial charge on any atom is 0.305 e. The molecule has 0 aliphatic heterocycles. The Bertz CT molecular complexity index is 689. The molecule has 1 N–H and O–H groups in total. The van der Waals surface area contributed by atoms with Gasteiger partial charge >= 0.3 is 5.97 Å². The van der Waals surface area contributed by atoms with Crippen molar-refractivity contribution >= 4 is 28.4 Å². The number of nitrogens with zero attached hydrogens (tertiary/aromatic N) is 4. The molecule has 0 spiro atoms. The van der Waals surface area contributed by atoms with E-state index in [0.717, 1.165) is 0 Å². The Kier molecular flexibility index (Phi) is 4.27. The Morgan fingerprint density at radius 1 is 1.43 bits per heavy atom. The van der Waals surface area contributed by atoms with E-state index in [9.17, 15) is 14.9 Å². The number of rotatable bonds is 6. The lowest BCUT2D eigenvalue weighted by atomic mass is 10.2. The molecule has 1 aromatic heterocycles. The van der Waals surface area contributed by atoms with Crippen LogP contribution in [0, 0.1) is 10.1 Å². The lowest BCUT2D eigenvalue weighted by Crippen LogP contribution is -2.26. The highest BCUT2D eigenvalue weighted by Crippen LogP contribution is 2.26. The molecule has 0 saturated carbocycles. The first-order chi connectivity index (χ1) is 10.0. The van der Waals surface area contributed by atoms with Crippen LogP contribution in [-0.2, 0) is 4.79 Å². The molecule has 0 radical (unpaired) electrons. The van der Waals surface area contributed by atoms with Crippen LogP contribution in [0.5, 0.6) is 0 Å². The predicted molar refractivity (Wildman–Crippen MR) is 76.3 cm³/mol. The highest BCUT2D eigenvalue weighted by atomic mass is 16.6. The smallest absolute Gasteiger partial charge is 0.305 e. The summed E-state index contributed by atoms with van der Waals surface area (Å²) >= 11 is 0. The second-order valence-corrected chi connectivity index (χ2v) is 4.38. The zero-order valence-corrected chi connectivity index (χ0v) is 11.4. The van der Waals surface area contributed by atoms with E-state index < -0.39 is 10.9 Å². The second-order valence-electron chi connectivity index (χ2n) is 4.38. The molecule has 0 unspecified atom stereocenters. The molecule has 8 nitrogen and oxygen atoms in total. The predicted octanol–water partition coefficient (Wildman–Crippen LogP) is 1.84. The zero-order valence-electron chi connectivity index (χ0n) is 11.4. The van der Waals surface area contributed by atoms with Crippen LogP contribution in [0.25, 0.3) is 10.9 Å². The molecular weight excluding hydrogens is 276 g/mol. The average Bonchev–Trinajstić information content (AvgIpc) is 2.47. The molecule has 1 aromatic carbocycles. The van der Waals surface area contributed by atoms with Crippen LogP contribution in [0.15, 0.2) is 24.5 Å². The summed E-state index contributed by atoms with van der Waals surface area (Å²) in [5.74, 6) is -0.398. The summed E-state index contributed by atoms with van der Waals surface area (Å²) in [6.45, 7) is 2.69. The molecule has 2 rings (SSSR count). The summed E-state index contributed by atoms with van der Waals surface area (Å²) in [6, 6.07) is 4.35. The monoisotopic (exact) mass is 290 g/mol. The molecule has 0 fully saturated rings. The SMILES string of the molecule is CCN(CCC(=O)O)c1ncnc2ccc([N+](=O)[O-])cc12. The molecule has 110 valence electrons. The van der Waals surface area contributed by atoms with Gasteiger partial charge in [0.25, 0.3) is 5.69 Å². The van der Waals surface area contributed by atoms with Crippen LogP contribution < -0.4 is 4.90 Å². The van der Waals surface area contributed by atoms with E-state index in [4.69, 9.17) is 5.11 Å². The van der Waals surface area contributed by atoms with E-state index >= 15 is 0 Å². The Morgan fingerprint density at radius 3 is 2.81 bits per heavy atom. The number of fused-ring (bicyclic) bond motifs is 1. The number of carboxylic acids is 1. The van der Waals surface area contributed by atoms with E-state index in [1.54, 1.807) is 11.0 Å². The third kappa shape index (κ3) is 3.22. The van der Waals surface area contributed by atoms with Crippen molar-refractivity contribution in [3.05, 3.63) is 34.6 Å². The van der Waals surface area contributed by atoms with Gasteiger partial charge in [0, 0.05) is 30.6 Å². The van der Waals surface area contributed by atoms with Crippen molar-refractivity contribution in [2.24, 2.45) is 0 Å². The highest BCUT2D eigenvalue weighted by Gasteiger charge is 2.15. The number of carbonyl (C=O) groups is 1. The van der Waals surface area contributed by atoms with Crippen molar-refractivity contribution in [1.29, 1.82) is 0 Å². The molecule has 2 aromatic rings. The van der Waals surface area contributed by atoms with Crippen LogP contribution in [0.1, 0.15) is 13.3 Å². The van der Waals surface area contributed by atoms with E-state index in [0.29, 0.717) is 23.3 Å². The zero-order chi connectivity index (χ0) is 15.4. The molecular formula is C13H14N4O4. The fraction of sp³-hybridized carbons (Fsp3) is 0.308. The molecule has 21 heavy (non-hydrogen) atoms. The van der Waals surface area contributed by atoms with Gasteiger partial charge in [0.1, 0.15) is 12.1 Å². The normalized spacial score (nSPS) is 10.5. The maximum atomic E-state index is 10.9. The first-order valence-corrected chi connectivity index (χ1v) is 6.38. The van der Waals surface area contributed by atoms with Gasteiger partial charge in [-0.25, -0.2) is 9.97 Å². The van der Waals surface area contributed by atoms with Crippen molar-refractivity contribution in [3.8, 4) is 0 Å². The summed E-state index contributed by atoms with van der Waals surface area (Å²) in [7, 11) is 0. The number of aliphatic carboxylic acids is 1. The van der Waals surface area contributed by atoms with E-state index in [-0.39, 0.29) is 18.7 Å². The molecule has 0 saturated heterocycles. The number of nitro groups is 1. The Balaban J connectivity index is 2.47. The third-order valence-corrected chi connectivity index (χ3v) is 3.09. The fourth-order valence-corrected chi connectivity index (χ4v) is 2.04. The van der Waals surface area contributed by atoms with Crippen LogP contribution in [0.4, 0.5) is 11.5 Å². The van der Waals surface area contributed by atoms with Crippen LogP contribution in [-0.4, -0.2) is 39.1 Å². The van der Waals surface area contributed by atoms with E-state index in [1.165, 1.54) is 18.5 Å². The van der Waals surface area contributed by atoms with Gasteiger partial charge in [-0.15, -0.1) is 0 Å². The Hall–Kier alpha value is -2.77. The standard InChI is InChI=1S/C13H14N4O4/c1-2-16(6-5-12(18)19)13-10-7-9(17(20)21)3-4-11(10)14-8-15-13/h3-4,7-8H,2,5-6H2,1H3,(H,18,19). The highest BCUT2D eigenvalue weighted by molar-refractivity contribution is 5.91. The topological polar surface area (TPSA) is 109 Å². The maximum absolute atomic E-state index is 10.9. The largest absolute Gasteiger partial charge is 0.481 e. The minimum absolute atomic E-state index is 0.0335. The molecule has 0 amide bonds. The molecule has 8 heteroatoms. The Labute approximate surface area is 120 Å². The third-order valence-electron chi connectivity index (χ3n) is 3.09. The minimum atomic E-state index is -0.905. The first-order valence-electron chi connectivity index (χ1n) is 6.38. The van der Waals surface area contributed by atoms with Crippen molar-refractivity contribution in [3.63, 3.8) is 0 Å². The summed E-state index contributed by atoms with van der Waals surface area (Å²) in [5.41, 5.74) is 0.534. The van der Waals surface area contributed by atoms with Crippen molar-refractivity contribution in [1.82, 2.24) is 9.97 Å². The number of non-ortho nitro benzene ring substituents is 1. The number of anilines is 1. The lowest BCUT2D eigenvalue weighted by molar-refractivity contribution is -0.384. The van der Waals surface area contributed by atoms with Crippen molar-refractivity contribution < 1.29 is 14.8 Å². The number of carboxylic acid groups (broad SMARTS) is 1. The van der Waals surface area contributed by atoms with Gasteiger partial charge in [-0.1, -0.05) is 0 Å². The van der Waals surface area contributed by atoms with Crippen molar-refractivity contribution in [2.75, 3.05) is 18.0 Å². The van der Waals surface area contributed by atoms with Gasteiger partial charge in [0.15, 0.2) is 0 Å². The lowest BCUT2D eigenvalue weighted by Gasteiger charge is -2.22. The summed E-state index contributed by atoms with van der Waals surface area (Å²) in [4.78, 5) is 31.1. The first kappa shape index (κ1) is 14.6. The average molecular weight is 290 g/mol. The van der Waals surface area contributed by atoms with E-state index in [1.807, 2.05) is 6.92 Å². The van der Waals surface area contributed by atoms with Crippen molar-refractivity contribution in [2.45, 2.75) is 13.3 Å². The molecule has 0 atom stereocenters. The second kappa shape index (κ2) is 6.12. The summed E-state index contributed by atoms with van der Waals surface area (Å²) < 4.78 is 0. The summed E-state index contributed by atoms with van der Waals surface area (Å²) in [6.07, 6.45) is 1.33. The number of aromatic nitrogens is 2.